The smallest absolute Gasteiger partial charge is 0.335 e. The maximum absolute atomic E-state index is 11.7. The van der Waals surface area contributed by atoms with E-state index in [0.29, 0.717) is 23.7 Å². The van der Waals surface area contributed by atoms with Crippen LogP contribution in [0.1, 0.15) is 61.7 Å². The summed E-state index contributed by atoms with van der Waals surface area (Å²) in [6.07, 6.45) is 13.3. The lowest BCUT2D eigenvalue weighted by Crippen LogP contribution is -2.16. The zero-order chi connectivity index (χ0) is 24.5. The minimum absolute atomic E-state index is 0.228. The van der Waals surface area contributed by atoms with Crippen LogP contribution in [0.5, 0.6) is 0 Å². The zero-order valence-electron chi connectivity index (χ0n) is 20.2. The molecular formula is C28H30N6O2. The Labute approximate surface area is 209 Å². The highest BCUT2D eigenvalue weighted by atomic mass is 16.4. The van der Waals surface area contributed by atoms with Gasteiger partial charge in [0.05, 0.1) is 28.3 Å². The molecule has 0 radical (unpaired) electrons. The van der Waals surface area contributed by atoms with E-state index in [4.69, 9.17) is 9.97 Å². The summed E-state index contributed by atoms with van der Waals surface area (Å²) in [5, 5.41) is 16.8. The second kappa shape index (κ2) is 9.60. The summed E-state index contributed by atoms with van der Waals surface area (Å²) >= 11 is 0. The molecule has 0 amide bonds. The molecule has 0 bridgehead atoms. The Morgan fingerprint density at radius 3 is 2.42 bits per heavy atom. The van der Waals surface area contributed by atoms with E-state index in [2.05, 4.69) is 26.1 Å². The maximum Gasteiger partial charge on any atom is 0.335 e. The third kappa shape index (κ3) is 4.39. The summed E-state index contributed by atoms with van der Waals surface area (Å²) in [6.45, 7) is 0. The average Bonchev–Trinajstić information content (AvgIpc) is 3.66. The van der Waals surface area contributed by atoms with Gasteiger partial charge in [-0.2, -0.15) is 0 Å². The van der Waals surface area contributed by atoms with Crippen molar-refractivity contribution in [3.63, 3.8) is 0 Å². The van der Waals surface area contributed by atoms with E-state index in [1.807, 2.05) is 24.4 Å². The predicted octanol–water partition coefficient (Wildman–Crippen LogP) is 5.87. The number of hydrogen-bond acceptors (Lipinski definition) is 6. The van der Waals surface area contributed by atoms with E-state index in [0.717, 1.165) is 54.0 Å². The normalized spacial score (nSPS) is 16.6. The second-order valence-electron chi connectivity index (χ2n) is 9.83. The Bertz CT molecular complexity index is 1400. The summed E-state index contributed by atoms with van der Waals surface area (Å²) in [5.74, 6) is -0.351. The molecular weight excluding hydrogens is 452 g/mol. The van der Waals surface area contributed by atoms with E-state index >= 15 is 0 Å². The highest BCUT2D eigenvalue weighted by Crippen LogP contribution is 2.35. The van der Waals surface area contributed by atoms with Crippen molar-refractivity contribution in [1.82, 2.24) is 19.4 Å². The third-order valence-corrected chi connectivity index (χ3v) is 7.33. The van der Waals surface area contributed by atoms with Gasteiger partial charge in [-0.15, -0.1) is 0 Å². The van der Waals surface area contributed by atoms with Crippen LogP contribution < -0.4 is 10.6 Å². The number of fused-ring (bicyclic) bond motifs is 1. The number of benzene rings is 1. The Kier molecular flexibility index (Phi) is 6.01. The lowest BCUT2D eigenvalue weighted by molar-refractivity contribution is 0.0697. The molecule has 4 aromatic rings. The van der Waals surface area contributed by atoms with E-state index in [9.17, 15) is 9.90 Å². The molecule has 3 heterocycles. The summed E-state index contributed by atoms with van der Waals surface area (Å²) in [5.41, 5.74) is 5.01. The molecule has 0 unspecified atom stereocenters. The Balaban J connectivity index is 1.49. The van der Waals surface area contributed by atoms with Crippen LogP contribution in [0.4, 0.5) is 11.6 Å². The number of hydrogen-bond donors (Lipinski definition) is 3. The van der Waals surface area contributed by atoms with E-state index < -0.39 is 5.97 Å². The molecule has 0 atom stereocenters. The SMILES string of the molecule is O=C(O)c1cccc(-c2nc3c(NC4CCCC4)cccn3c2-c2ccnc(NC3CCCC3)n2)c1. The first-order chi connectivity index (χ1) is 17.7. The highest BCUT2D eigenvalue weighted by molar-refractivity contribution is 5.91. The summed E-state index contributed by atoms with van der Waals surface area (Å²) in [7, 11) is 0. The maximum atomic E-state index is 11.7. The number of imidazole rings is 1. The largest absolute Gasteiger partial charge is 0.478 e. The molecule has 0 saturated heterocycles. The Morgan fingerprint density at radius 2 is 1.67 bits per heavy atom. The molecule has 0 spiro atoms. The van der Waals surface area contributed by atoms with Crippen LogP contribution in [0.25, 0.3) is 28.3 Å². The van der Waals surface area contributed by atoms with Gasteiger partial charge in [-0.3, -0.25) is 4.40 Å². The zero-order valence-corrected chi connectivity index (χ0v) is 20.2. The monoisotopic (exact) mass is 482 g/mol. The van der Waals surface area contributed by atoms with Crippen LogP contribution in [0, 0.1) is 0 Å². The molecule has 3 N–H and O–H groups in total. The molecule has 184 valence electrons. The van der Waals surface area contributed by atoms with Gasteiger partial charge < -0.3 is 15.7 Å². The van der Waals surface area contributed by atoms with Gasteiger partial charge in [-0.1, -0.05) is 37.8 Å². The Morgan fingerprint density at radius 1 is 0.917 bits per heavy atom. The van der Waals surface area contributed by atoms with Gasteiger partial charge >= 0.3 is 5.97 Å². The summed E-state index contributed by atoms with van der Waals surface area (Å²) in [4.78, 5) is 26.1. The van der Waals surface area contributed by atoms with Crippen LogP contribution in [0.2, 0.25) is 0 Å². The third-order valence-electron chi connectivity index (χ3n) is 7.33. The number of aromatic nitrogens is 4. The lowest BCUT2D eigenvalue weighted by atomic mass is 10.1. The van der Waals surface area contributed by atoms with E-state index in [1.165, 1.54) is 25.7 Å². The van der Waals surface area contributed by atoms with Gasteiger partial charge in [-0.25, -0.2) is 19.7 Å². The molecule has 6 rings (SSSR count). The van der Waals surface area contributed by atoms with Gasteiger partial charge in [-0.05, 0) is 56.0 Å². The first-order valence-electron chi connectivity index (χ1n) is 12.9. The van der Waals surface area contributed by atoms with Crippen molar-refractivity contribution in [2.24, 2.45) is 0 Å². The number of carboxylic acid groups (broad SMARTS) is 1. The number of pyridine rings is 1. The minimum Gasteiger partial charge on any atom is -0.478 e. The fourth-order valence-corrected chi connectivity index (χ4v) is 5.53. The first kappa shape index (κ1) is 22.5. The predicted molar refractivity (Wildman–Crippen MR) is 140 cm³/mol. The van der Waals surface area contributed by atoms with Crippen LogP contribution in [0.3, 0.4) is 0 Å². The quantitative estimate of drug-likeness (QED) is 0.303. The molecule has 1 aromatic carbocycles. The fraction of sp³-hybridized carbons (Fsp3) is 0.357. The second-order valence-corrected chi connectivity index (χ2v) is 9.83. The summed E-state index contributed by atoms with van der Waals surface area (Å²) < 4.78 is 2.06. The number of carboxylic acids is 1. The number of nitrogens with zero attached hydrogens (tertiary/aromatic N) is 4. The molecule has 2 saturated carbocycles. The van der Waals surface area contributed by atoms with Crippen molar-refractivity contribution >= 4 is 23.3 Å². The number of aromatic carboxylic acids is 1. The molecule has 2 aliphatic carbocycles. The highest BCUT2D eigenvalue weighted by Gasteiger charge is 2.23. The lowest BCUT2D eigenvalue weighted by Gasteiger charge is -2.14. The van der Waals surface area contributed by atoms with Gasteiger partial charge in [0.15, 0.2) is 5.65 Å². The molecule has 8 heteroatoms. The minimum atomic E-state index is -0.962. The first-order valence-corrected chi connectivity index (χ1v) is 12.9. The number of rotatable bonds is 7. The van der Waals surface area contributed by atoms with Gasteiger partial charge in [0.1, 0.15) is 0 Å². The fourth-order valence-electron chi connectivity index (χ4n) is 5.53. The molecule has 2 aliphatic rings. The number of carbonyl (C=O) groups is 1. The Hall–Kier alpha value is -3.94. The van der Waals surface area contributed by atoms with Crippen LogP contribution in [0.15, 0.2) is 54.9 Å². The van der Waals surface area contributed by atoms with Crippen molar-refractivity contribution in [3.05, 3.63) is 60.4 Å². The van der Waals surface area contributed by atoms with Crippen molar-refractivity contribution in [3.8, 4) is 22.6 Å². The molecule has 36 heavy (non-hydrogen) atoms. The van der Waals surface area contributed by atoms with Crippen molar-refractivity contribution in [2.45, 2.75) is 63.5 Å². The van der Waals surface area contributed by atoms with Crippen molar-refractivity contribution in [2.75, 3.05) is 10.6 Å². The van der Waals surface area contributed by atoms with E-state index in [1.54, 1.807) is 24.4 Å². The van der Waals surface area contributed by atoms with Gasteiger partial charge in [0.2, 0.25) is 5.95 Å². The van der Waals surface area contributed by atoms with Crippen molar-refractivity contribution in [1.29, 1.82) is 0 Å². The number of nitrogens with one attached hydrogen (secondary N) is 2. The van der Waals surface area contributed by atoms with Crippen LogP contribution in [-0.2, 0) is 0 Å². The van der Waals surface area contributed by atoms with E-state index in [-0.39, 0.29) is 5.56 Å². The molecule has 0 aliphatic heterocycles. The molecule has 2 fully saturated rings. The average molecular weight is 483 g/mol. The standard InChI is InChI=1S/C28H30N6O2/c35-27(36)19-8-5-7-18(17-19)24-25(22-14-15-29-28(32-22)31-21-11-3-4-12-21)34-16-6-13-23(26(34)33-24)30-20-9-1-2-10-20/h5-8,13-17,20-21,30H,1-4,9-12H2,(H,35,36)(H,29,31,32). The van der Waals surface area contributed by atoms with Crippen LogP contribution >= 0.6 is 0 Å². The topological polar surface area (TPSA) is 104 Å². The van der Waals surface area contributed by atoms with Gasteiger partial charge in [0, 0.05) is 30.0 Å². The molecule has 3 aromatic heterocycles. The van der Waals surface area contributed by atoms with Crippen LogP contribution in [-0.4, -0.2) is 42.5 Å². The molecule has 8 nitrogen and oxygen atoms in total. The summed E-state index contributed by atoms with van der Waals surface area (Å²) in [6, 6.07) is 13.8. The van der Waals surface area contributed by atoms with Crippen molar-refractivity contribution < 1.29 is 9.90 Å². The number of anilines is 2. The van der Waals surface area contributed by atoms with Gasteiger partial charge in [0.25, 0.3) is 0 Å².